The minimum atomic E-state index is -4.84. The summed E-state index contributed by atoms with van der Waals surface area (Å²) in [4.78, 5) is 28.6. The fraction of sp³-hybridized carbons (Fsp3) is 0.130. The number of benzene rings is 2. The number of nitrogens with zero attached hydrogens (tertiary/aromatic N) is 2. The lowest BCUT2D eigenvalue weighted by Crippen LogP contribution is -2.18. The normalized spacial score (nSPS) is 11.3. The van der Waals surface area contributed by atoms with Crippen molar-refractivity contribution in [2.75, 3.05) is 10.6 Å². The molecular weight excluding hydrogens is 472 g/mol. The summed E-state index contributed by atoms with van der Waals surface area (Å²) in [7, 11) is 0. The Hall–Kier alpha value is -4.48. The number of alkyl halides is 3. The lowest BCUT2D eigenvalue weighted by Gasteiger charge is -2.16. The average Bonchev–Trinajstić information content (AvgIpc) is 3.50. The monoisotopic (exact) mass is 488 g/mol. The van der Waals surface area contributed by atoms with Gasteiger partial charge in [0.05, 0.1) is 23.1 Å². The molecule has 0 aliphatic rings. The molecule has 4 aromatic rings. The van der Waals surface area contributed by atoms with E-state index in [1.165, 1.54) is 24.5 Å². The summed E-state index contributed by atoms with van der Waals surface area (Å²) in [6.07, 6.45) is -3.67. The third-order valence-corrected chi connectivity index (χ3v) is 4.75. The molecule has 12 heteroatoms. The highest BCUT2D eigenvalue weighted by molar-refractivity contribution is 6.04. The smallest absolute Gasteiger partial charge is 0.418 e. The number of hydrogen-bond donors (Lipinski definition) is 2. The molecule has 0 atom stereocenters. The topological polar surface area (TPSA) is 110 Å². The van der Waals surface area contributed by atoms with Gasteiger partial charge in [0.25, 0.3) is 5.91 Å². The molecule has 2 heterocycles. The molecule has 0 aliphatic heterocycles. The van der Waals surface area contributed by atoms with Crippen molar-refractivity contribution in [3.8, 4) is 11.6 Å². The van der Waals surface area contributed by atoms with Gasteiger partial charge >= 0.3 is 6.18 Å². The number of halogens is 4. The predicted molar refractivity (Wildman–Crippen MR) is 115 cm³/mol. The van der Waals surface area contributed by atoms with Crippen LogP contribution in [-0.2, 0) is 17.4 Å². The van der Waals surface area contributed by atoms with Crippen LogP contribution in [0.4, 0.5) is 28.9 Å². The van der Waals surface area contributed by atoms with Gasteiger partial charge in [0.1, 0.15) is 5.82 Å². The van der Waals surface area contributed by atoms with Crippen LogP contribution in [-0.4, -0.2) is 22.0 Å². The molecule has 35 heavy (non-hydrogen) atoms. The summed E-state index contributed by atoms with van der Waals surface area (Å²) in [5, 5.41) is 8.14. The van der Waals surface area contributed by atoms with Gasteiger partial charge in [-0.15, -0.1) is 0 Å². The number of aryl methyl sites for hydroxylation is 1. The van der Waals surface area contributed by atoms with Gasteiger partial charge in [0, 0.05) is 18.5 Å². The maximum Gasteiger partial charge on any atom is 0.418 e. The molecule has 0 bridgehead atoms. The van der Waals surface area contributed by atoms with E-state index in [2.05, 4.69) is 20.8 Å². The average molecular weight is 488 g/mol. The summed E-state index contributed by atoms with van der Waals surface area (Å²) >= 11 is 0. The second-order valence-corrected chi connectivity index (χ2v) is 7.23. The van der Waals surface area contributed by atoms with E-state index in [0.717, 1.165) is 18.2 Å². The van der Waals surface area contributed by atoms with Gasteiger partial charge in [-0.2, -0.15) is 18.2 Å². The van der Waals surface area contributed by atoms with E-state index in [9.17, 15) is 27.2 Å². The first-order chi connectivity index (χ1) is 16.7. The molecule has 2 aromatic carbocycles. The van der Waals surface area contributed by atoms with Crippen molar-refractivity contribution < 1.29 is 36.1 Å². The van der Waals surface area contributed by atoms with Gasteiger partial charge in [-0.25, -0.2) is 4.39 Å². The summed E-state index contributed by atoms with van der Waals surface area (Å²) in [6.45, 7) is 0. The van der Waals surface area contributed by atoms with Gasteiger partial charge < -0.3 is 19.6 Å². The van der Waals surface area contributed by atoms with Crippen LogP contribution in [0.2, 0.25) is 0 Å². The molecule has 8 nitrogen and oxygen atoms in total. The first-order valence-electron chi connectivity index (χ1n) is 10.1. The summed E-state index contributed by atoms with van der Waals surface area (Å²) in [5.41, 5.74) is -2.24. The van der Waals surface area contributed by atoms with E-state index < -0.39 is 35.1 Å². The third-order valence-electron chi connectivity index (χ3n) is 4.75. The largest absolute Gasteiger partial charge is 0.461 e. The Morgan fingerprint density at radius 2 is 1.80 bits per heavy atom. The summed E-state index contributed by atoms with van der Waals surface area (Å²) in [5.74, 6) is -1.81. The van der Waals surface area contributed by atoms with E-state index in [4.69, 9.17) is 8.94 Å². The number of carbonyl (C=O) groups excluding carboxylic acids is 2. The number of carbonyl (C=O) groups is 2. The van der Waals surface area contributed by atoms with Gasteiger partial charge in [0.15, 0.2) is 5.76 Å². The molecule has 2 N–H and O–H groups in total. The Morgan fingerprint density at radius 1 is 1.00 bits per heavy atom. The summed E-state index contributed by atoms with van der Waals surface area (Å²) < 4.78 is 64.8. The molecule has 0 aliphatic carbocycles. The molecule has 0 fully saturated rings. The first kappa shape index (κ1) is 23.7. The zero-order valence-electron chi connectivity index (χ0n) is 17.7. The molecule has 0 saturated carbocycles. The van der Waals surface area contributed by atoms with Crippen molar-refractivity contribution >= 4 is 23.2 Å². The first-order valence-corrected chi connectivity index (χ1v) is 10.1. The second kappa shape index (κ2) is 9.79. The van der Waals surface area contributed by atoms with Crippen molar-refractivity contribution in [3.63, 3.8) is 0 Å². The van der Waals surface area contributed by atoms with E-state index >= 15 is 0 Å². The number of rotatable bonds is 7. The fourth-order valence-corrected chi connectivity index (χ4v) is 3.10. The number of hydrogen-bond acceptors (Lipinski definition) is 6. The highest BCUT2D eigenvalue weighted by Crippen LogP contribution is 2.37. The quantitative estimate of drug-likeness (QED) is 0.341. The van der Waals surface area contributed by atoms with Gasteiger partial charge in [0.2, 0.25) is 17.6 Å². The number of aromatic nitrogens is 2. The van der Waals surface area contributed by atoms with Crippen molar-refractivity contribution in [1.29, 1.82) is 0 Å². The number of furan rings is 1. The van der Waals surface area contributed by atoms with Crippen LogP contribution in [0, 0.1) is 5.82 Å². The Labute approximate surface area is 194 Å². The molecule has 4 rings (SSSR count). The minimum absolute atomic E-state index is 0.0162. The Bertz CT molecular complexity index is 1350. The summed E-state index contributed by atoms with van der Waals surface area (Å²) in [6, 6.07) is 11.1. The van der Waals surface area contributed by atoms with E-state index in [-0.39, 0.29) is 35.8 Å². The van der Waals surface area contributed by atoms with Gasteiger partial charge in [-0.05, 0) is 42.5 Å². The SMILES string of the molecule is O=C(CCc1nc(-c2ccco2)no1)Nc1ccc(NC(=O)c2ccccc2F)cc1C(F)(F)F. The highest BCUT2D eigenvalue weighted by atomic mass is 19.4. The van der Waals surface area contributed by atoms with Gasteiger partial charge in [-0.1, -0.05) is 17.3 Å². The second-order valence-electron chi connectivity index (χ2n) is 7.23. The molecule has 180 valence electrons. The number of nitrogens with one attached hydrogen (secondary N) is 2. The van der Waals surface area contributed by atoms with Crippen molar-refractivity contribution in [3.05, 3.63) is 83.7 Å². The number of anilines is 2. The Morgan fingerprint density at radius 3 is 2.51 bits per heavy atom. The van der Waals surface area contributed by atoms with E-state index in [0.29, 0.717) is 11.8 Å². The molecule has 2 aromatic heterocycles. The van der Waals surface area contributed by atoms with Crippen molar-refractivity contribution in [1.82, 2.24) is 10.1 Å². The highest BCUT2D eigenvalue weighted by Gasteiger charge is 2.34. The van der Waals surface area contributed by atoms with Crippen LogP contribution in [0.3, 0.4) is 0 Å². The lowest BCUT2D eigenvalue weighted by molar-refractivity contribution is -0.136. The van der Waals surface area contributed by atoms with Crippen LogP contribution < -0.4 is 10.6 Å². The maximum atomic E-state index is 13.8. The molecule has 0 radical (unpaired) electrons. The maximum absolute atomic E-state index is 13.8. The van der Waals surface area contributed by atoms with Crippen LogP contribution >= 0.6 is 0 Å². The van der Waals surface area contributed by atoms with Crippen molar-refractivity contribution in [2.24, 2.45) is 0 Å². The molecule has 0 saturated heterocycles. The number of amides is 2. The lowest BCUT2D eigenvalue weighted by atomic mass is 10.1. The third kappa shape index (κ3) is 5.72. The van der Waals surface area contributed by atoms with Crippen LogP contribution in [0.5, 0.6) is 0 Å². The zero-order valence-corrected chi connectivity index (χ0v) is 17.7. The van der Waals surface area contributed by atoms with Crippen LogP contribution in [0.1, 0.15) is 28.2 Å². The molecule has 0 unspecified atom stereocenters. The Kier molecular flexibility index (Phi) is 6.62. The minimum Gasteiger partial charge on any atom is -0.461 e. The molecule has 2 amide bonds. The standard InChI is InChI=1S/C23H16F4N4O4/c24-16-5-2-1-4-14(16)22(33)28-13-7-8-17(15(12-13)23(25,26)27)29-19(32)9-10-20-30-21(31-35-20)18-6-3-11-34-18/h1-8,11-12H,9-10H2,(H,28,33)(H,29,32). The molecule has 0 spiro atoms. The predicted octanol–water partition coefficient (Wildman–Crippen LogP) is 5.31. The Balaban J connectivity index is 1.43. The zero-order chi connectivity index (χ0) is 25.0. The van der Waals surface area contributed by atoms with Crippen LogP contribution in [0.15, 0.2) is 69.8 Å². The van der Waals surface area contributed by atoms with Crippen LogP contribution in [0.25, 0.3) is 11.6 Å². The van der Waals surface area contributed by atoms with E-state index in [1.807, 2.05) is 0 Å². The van der Waals surface area contributed by atoms with Crippen molar-refractivity contribution in [2.45, 2.75) is 19.0 Å². The van der Waals surface area contributed by atoms with Gasteiger partial charge in [-0.3, -0.25) is 9.59 Å². The van der Waals surface area contributed by atoms with E-state index in [1.54, 1.807) is 12.1 Å². The molecular formula is C23H16F4N4O4. The fourth-order valence-electron chi connectivity index (χ4n) is 3.10.